The van der Waals surface area contributed by atoms with Crippen molar-refractivity contribution in [1.29, 1.82) is 0 Å². The SMILES string of the molecule is [CH2-]C(C)(C)CC.[CH2-]C(C)(C)CC.[CH2-]C(C)(C)CC.[CH2-]C(C)(C)CC.[Cr+4]. The zero-order chi connectivity index (χ0) is 20.8. The Morgan fingerprint density at radius 3 is 0.440 bits per heavy atom. The Bertz CT molecular complexity index is 181. The van der Waals surface area contributed by atoms with Crippen molar-refractivity contribution in [2.75, 3.05) is 0 Å². The van der Waals surface area contributed by atoms with Gasteiger partial charge in [-0.05, 0) is 0 Å². The van der Waals surface area contributed by atoms with Crippen LogP contribution in [-0.4, -0.2) is 0 Å². The molecule has 0 aromatic heterocycles. The molecule has 0 fully saturated rings. The van der Waals surface area contributed by atoms with Gasteiger partial charge in [0, 0.05) is 0 Å². The zero-order valence-electron chi connectivity index (χ0n) is 20.1. The van der Waals surface area contributed by atoms with Crippen LogP contribution in [-0.2, 0) is 17.4 Å². The number of rotatable bonds is 4. The Kier molecular flexibility index (Phi) is 24.3. The second kappa shape index (κ2) is 16.7. The van der Waals surface area contributed by atoms with E-state index in [2.05, 4.69) is 111 Å². The summed E-state index contributed by atoms with van der Waals surface area (Å²) in [4.78, 5) is 0. The van der Waals surface area contributed by atoms with Crippen molar-refractivity contribution in [1.82, 2.24) is 0 Å². The van der Waals surface area contributed by atoms with Gasteiger partial charge in [-0.15, -0.1) is 0 Å². The van der Waals surface area contributed by atoms with Gasteiger partial charge >= 0.3 is 17.4 Å². The third kappa shape index (κ3) is 79.3. The standard InChI is InChI=1S/4C6H13.Cr/c4*1-5-6(2,3)4;/h4*2,5H2,1,3-4H3;/q4*-1;+4. The zero-order valence-corrected chi connectivity index (χ0v) is 21.3. The average molecular weight is 393 g/mol. The molecule has 25 heavy (non-hydrogen) atoms. The van der Waals surface area contributed by atoms with Crippen LogP contribution in [0.2, 0.25) is 0 Å². The molecule has 0 aliphatic carbocycles. The van der Waals surface area contributed by atoms with Gasteiger partial charge in [-0.25, -0.2) is 0 Å². The maximum Gasteiger partial charge on any atom is 4.00 e. The summed E-state index contributed by atoms with van der Waals surface area (Å²) in [6.45, 7) is 41.2. The Morgan fingerprint density at radius 1 is 0.400 bits per heavy atom. The fourth-order valence-electron chi connectivity index (χ4n) is 0. The summed E-state index contributed by atoms with van der Waals surface area (Å²) in [5.74, 6) is 0. The first-order valence-electron chi connectivity index (χ1n) is 9.66. The van der Waals surface area contributed by atoms with Crippen LogP contribution in [0.3, 0.4) is 0 Å². The first-order chi connectivity index (χ1) is 10.2. The predicted octanol–water partition coefficient (Wildman–Crippen LogP) is 9.02. The Hall–Kier alpha value is 0.532. The van der Waals surface area contributed by atoms with Gasteiger partial charge in [0.15, 0.2) is 0 Å². The van der Waals surface area contributed by atoms with E-state index in [1.165, 1.54) is 0 Å². The molecule has 0 bridgehead atoms. The van der Waals surface area contributed by atoms with Gasteiger partial charge in [-0.3, -0.25) is 0 Å². The van der Waals surface area contributed by atoms with Gasteiger partial charge in [0.25, 0.3) is 0 Å². The van der Waals surface area contributed by atoms with Crippen LogP contribution in [0.25, 0.3) is 0 Å². The molecular formula is C24H52Cr. The van der Waals surface area contributed by atoms with Crippen molar-refractivity contribution in [2.45, 2.75) is 109 Å². The van der Waals surface area contributed by atoms with E-state index in [1.807, 2.05) is 0 Å². The van der Waals surface area contributed by atoms with Gasteiger partial charge < -0.3 is 27.7 Å². The minimum absolute atomic E-state index is 0. The maximum absolute atomic E-state index is 3.89. The molecule has 0 radical (unpaired) electrons. The monoisotopic (exact) mass is 392 g/mol. The van der Waals surface area contributed by atoms with Crippen LogP contribution in [0.15, 0.2) is 0 Å². The summed E-state index contributed by atoms with van der Waals surface area (Å²) in [5, 5.41) is 0. The molecule has 0 amide bonds. The minimum atomic E-state index is 0. The maximum atomic E-state index is 3.89. The fourth-order valence-corrected chi connectivity index (χ4v) is 0. The molecule has 0 rings (SSSR count). The molecule has 0 aliphatic heterocycles. The van der Waals surface area contributed by atoms with Crippen molar-refractivity contribution in [3.63, 3.8) is 0 Å². The van der Waals surface area contributed by atoms with Crippen LogP contribution in [0.4, 0.5) is 0 Å². The van der Waals surface area contributed by atoms with Crippen LogP contribution >= 0.6 is 0 Å². The summed E-state index contributed by atoms with van der Waals surface area (Å²) >= 11 is 0. The molecule has 0 N–H and O–H groups in total. The Balaban J connectivity index is -0.0000000702. The quantitative estimate of drug-likeness (QED) is 0.419. The van der Waals surface area contributed by atoms with Crippen LogP contribution < -0.4 is 0 Å². The van der Waals surface area contributed by atoms with Crippen LogP contribution in [0, 0.1) is 49.4 Å². The van der Waals surface area contributed by atoms with Crippen LogP contribution in [0.5, 0.6) is 0 Å². The summed E-state index contributed by atoms with van der Waals surface area (Å²) in [6.07, 6.45) is 4.64. The number of hydrogen-bond acceptors (Lipinski definition) is 0. The van der Waals surface area contributed by atoms with E-state index in [0.717, 1.165) is 25.7 Å². The van der Waals surface area contributed by atoms with Crippen LogP contribution in [0.1, 0.15) is 109 Å². The molecule has 0 unspecified atom stereocenters. The molecule has 0 atom stereocenters. The predicted molar refractivity (Wildman–Crippen MR) is 118 cm³/mol. The van der Waals surface area contributed by atoms with Gasteiger partial charge in [-0.1, -0.05) is 109 Å². The summed E-state index contributed by atoms with van der Waals surface area (Å²) < 4.78 is 0. The topological polar surface area (TPSA) is 0 Å². The third-order valence-corrected chi connectivity index (χ3v) is 3.83. The molecule has 1 heteroatoms. The summed E-state index contributed by atoms with van der Waals surface area (Å²) in [7, 11) is 0. The summed E-state index contributed by atoms with van der Waals surface area (Å²) in [6, 6.07) is 0. The van der Waals surface area contributed by atoms with E-state index >= 15 is 0 Å². The first kappa shape index (κ1) is 36.4. The van der Waals surface area contributed by atoms with E-state index in [9.17, 15) is 0 Å². The molecule has 154 valence electrons. The van der Waals surface area contributed by atoms with Gasteiger partial charge in [0.05, 0.1) is 0 Å². The molecule has 0 aliphatic rings. The average Bonchev–Trinajstić information content (AvgIpc) is 2.37. The van der Waals surface area contributed by atoms with Gasteiger partial charge in [-0.2, -0.15) is 21.7 Å². The van der Waals surface area contributed by atoms with E-state index in [0.29, 0.717) is 21.7 Å². The van der Waals surface area contributed by atoms with E-state index in [1.54, 1.807) is 0 Å². The summed E-state index contributed by atoms with van der Waals surface area (Å²) in [5.41, 5.74) is 1.17. The van der Waals surface area contributed by atoms with Crippen molar-refractivity contribution in [3.8, 4) is 0 Å². The molecule has 0 aromatic carbocycles. The van der Waals surface area contributed by atoms with Crippen molar-refractivity contribution in [2.24, 2.45) is 21.7 Å². The molecular weight excluding hydrogens is 340 g/mol. The smallest absolute Gasteiger partial charge is 0.338 e. The molecule has 0 nitrogen and oxygen atoms in total. The number of hydrogen-bond donors (Lipinski definition) is 0. The molecule has 0 heterocycles. The van der Waals surface area contributed by atoms with E-state index in [4.69, 9.17) is 0 Å². The van der Waals surface area contributed by atoms with Crippen molar-refractivity contribution in [3.05, 3.63) is 27.7 Å². The second-order valence-corrected chi connectivity index (χ2v) is 10.1. The van der Waals surface area contributed by atoms with Crippen molar-refractivity contribution < 1.29 is 17.4 Å². The second-order valence-electron chi connectivity index (χ2n) is 10.1. The van der Waals surface area contributed by atoms with E-state index in [-0.39, 0.29) is 17.4 Å². The third-order valence-electron chi connectivity index (χ3n) is 3.83. The Labute approximate surface area is 175 Å². The van der Waals surface area contributed by atoms with Gasteiger partial charge in [0.2, 0.25) is 0 Å². The minimum Gasteiger partial charge on any atom is -0.338 e. The largest absolute Gasteiger partial charge is 4.00 e. The van der Waals surface area contributed by atoms with Gasteiger partial charge in [0.1, 0.15) is 0 Å². The first-order valence-corrected chi connectivity index (χ1v) is 9.66. The fraction of sp³-hybridized carbons (Fsp3) is 0.833. The molecule has 0 saturated carbocycles. The van der Waals surface area contributed by atoms with E-state index < -0.39 is 0 Å². The normalized spacial score (nSPS) is 11.5. The molecule has 0 spiro atoms. The molecule has 0 saturated heterocycles. The van der Waals surface area contributed by atoms with Crippen molar-refractivity contribution >= 4 is 0 Å². The molecule has 0 aromatic rings. The Morgan fingerprint density at radius 2 is 0.440 bits per heavy atom.